The molecule has 0 saturated heterocycles. The summed E-state index contributed by atoms with van der Waals surface area (Å²) in [4.78, 5) is 16.5. The maximum absolute atomic E-state index is 5.09. The van der Waals surface area contributed by atoms with E-state index in [0.29, 0.717) is 19.0 Å². The molecule has 0 fully saturated rings. The monoisotopic (exact) mass is 323 g/mol. The predicted octanol–water partition coefficient (Wildman–Crippen LogP) is 3.24. The van der Waals surface area contributed by atoms with Gasteiger partial charge >= 0.3 is 0 Å². The molecule has 2 heterocycles. The van der Waals surface area contributed by atoms with E-state index in [4.69, 9.17) is 4.74 Å². The highest BCUT2D eigenvalue weighted by atomic mass is 16.5. The van der Waals surface area contributed by atoms with E-state index in [1.165, 1.54) is 5.56 Å². The number of nitrogens with one attached hydrogen (secondary N) is 2. The van der Waals surface area contributed by atoms with Gasteiger partial charge in [0.25, 0.3) is 0 Å². The van der Waals surface area contributed by atoms with Crippen LogP contribution >= 0.6 is 0 Å². The van der Waals surface area contributed by atoms with Crippen molar-refractivity contribution in [2.24, 2.45) is 0 Å². The average molecular weight is 323 g/mol. The topological polar surface area (TPSA) is 75.7 Å². The minimum atomic E-state index is 0.398. The summed E-state index contributed by atoms with van der Waals surface area (Å²) in [5, 5.41) is 3.27. The second-order valence-corrected chi connectivity index (χ2v) is 5.71. The molecule has 0 atom stereocenters. The lowest BCUT2D eigenvalue weighted by molar-refractivity contribution is 0.177. The summed E-state index contributed by atoms with van der Waals surface area (Å²) >= 11 is 0. The molecule has 2 N–H and O–H groups in total. The number of benzene rings is 1. The quantitative estimate of drug-likeness (QED) is 0.728. The lowest BCUT2D eigenvalue weighted by atomic mass is 10.1. The summed E-state index contributed by atoms with van der Waals surface area (Å²) in [6, 6.07) is 10.3. The first-order chi connectivity index (χ1) is 11.6. The molecule has 6 nitrogen and oxygen atoms in total. The van der Waals surface area contributed by atoms with Crippen LogP contribution in [0.25, 0.3) is 11.3 Å². The summed E-state index contributed by atoms with van der Waals surface area (Å²) in [6.07, 6.45) is 1.85. The first-order valence-corrected chi connectivity index (χ1v) is 7.82. The van der Waals surface area contributed by atoms with E-state index < -0.39 is 0 Å². The van der Waals surface area contributed by atoms with Crippen LogP contribution in [0.15, 0.2) is 36.5 Å². The zero-order chi connectivity index (χ0) is 16.9. The number of aryl methyl sites for hydroxylation is 2. The first kappa shape index (κ1) is 16.1. The number of nitrogens with zero attached hydrogens (tertiary/aromatic N) is 3. The molecule has 24 heavy (non-hydrogen) atoms. The van der Waals surface area contributed by atoms with E-state index in [0.717, 1.165) is 28.6 Å². The number of ether oxygens (including phenoxy) is 1. The van der Waals surface area contributed by atoms with Gasteiger partial charge < -0.3 is 15.0 Å². The van der Waals surface area contributed by atoms with Gasteiger partial charge in [0.15, 0.2) is 5.82 Å². The number of aromatic amines is 1. The second-order valence-electron chi connectivity index (χ2n) is 5.71. The van der Waals surface area contributed by atoms with Gasteiger partial charge in [-0.05, 0) is 19.4 Å². The third-order valence-electron chi connectivity index (χ3n) is 3.60. The molecule has 0 bridgehead atoms. The second kappa shape index (κ2) is 7.23. The zero-order valence-corrected chi connectivity index (χ0v) is 14.1. The molecule has 124 valence electrons. The van der Waals surface area contributed by atoms with Crippen LogP contribution in [0, 0.1) is 13.8 Å². The Morgan fingerprint density at radius 1 is 1.12 bits per heavy atom. The minimum Gasteiger partial charge on any atom is -0.377 e. The normalized spacial score (nSPS) is 10.8. The van der Waals surface area contributed by atoms with Gasteiger partial charge in [-0.25, -0.2) is 15.0 Å². The van der Waals surface area contributed by atoms with E-state index >= 15 is 0 Å². The molecule has 3 aromatic rings. The molecule has 0 saturated carbocycles. The highest BCUT2D eigenvalue weighted by Crippen LogP contribution is 2.18. The van der Waals surface area contributed by atoms with E-state index in [2.05, 4.69) is 56.4 Å². The molecule has 0 aliphatic heterocycles. The van der Waals surface area contributed by atoms with Crippen LogP contribution in [0.2, 0.25) is 0 Å². The number of H-pyrrole nitrogens is 1. The summed E-state index contributed by atoms with van der Waals surface area (Å²) < 4.78 is 5.09. The molecule has 0 radical (unpaired) electrons. The maximum atomic E-state index is 5.09. The van der Waals surface area contributed by atoms with E-state index in [9.17, 15) is 0 Å². The van der Waals surface area contributed by atoms with Crippen molar-refractivity contribution in [3.8, 4) is 11.3 Å². The smallest absolute Gasteiger partial charge is 0.156 e. The van der Waals surface area contributed by atoms with E-state index in [-0.39, 0.29) is 0 Å². The molecule has 0 aliphatic rings. The molecule has 2 aromatic heterocycles. The van der Waals surface area contributed by atoms with Crippen molar-refractivity contribution in [3.63, 3.8) is 0 Å². The fourth-order valence-corrected chi connectivity index (χ4v) is 2.42. The summed E-state index contributed by atoms with van der Waals surface area (Å²) in [5.41, 5.74) is 4.27. The van der Waals surface area contributed by atoms with Crippen LogP contribution in [0.5, 0.6) is 0 Å². The Hall–Kier alpha value is -2.73. The van der Waals surface area contributed by atoms with Crippen molar-refractivity contribution in [2.45, 2.75) is 27.0 Å². The Kier molecular flexibility index (Phi) is 4.86. The minimum absolute atomic E-state index is 0.398. The van der Waals surface area contributed by atoms with Gasteiger partial charge in [-0.15, -0.1) is 0 Å². The van der Waals surface area contributed by atoms with Crippen molar-refractivity contribution in [1.29, 1.82) is 0 Å². The Morgan fingerprint density at radius 2 is 1.92 bits per heavy atom. The van der Waals surface area contributed by atoms with Crippen LogP contribution in [0.1, 0.15) is 22.9 Å². The Balaban J connectivity index is 1.68. The summed E-state index contributed by atoms with van der Waals surface area (Å²) in [5.74, 6) is 2.29. The number of methoxy groups -OCH3 is 1. The number of imidazole rings is 1. The SMILES string of the molecule is COCc1nc(C)cc(NCc2ncc(-c3ccc(C)cc3)[nH]2)n1. The number of aromatic nitrogens is 4. The van der Waals surface area contributed by atoms with Crippen LogP contribution in [0.3, 0.4) is 0 Å². The fourth-order valence-electron chi connectivity index (χ4n) is 2.42. The molecule has 3 rings (SSSR count). The van der Waals surface area contributed by atoms with Gasteiger partial charge in [-0.2, -0.15) is 0 Å². The third kappa shape index (κ3) is 3.97. The third-order valence-corrected chi connectivity index (χ3v) is 3.60. The number of hydrogen-bond acceptors (Lipinski definition) is 5. The van der Waals surface area contributed by atoms with Crippen LogP contribution in [-0.4, -0.2) is 27.0 Å². The fraction of sp³-hybridized carbons (Fsp3) is 0.278. The van der Waals surface area contributed by atoms with Gasteiger partial charge in [0, 0.05) is 18.9 Å². The largest absolute Gasteiger partial charge is 0.377 e. The van der Waals surface area contributed by atoms with Crippen LogP contribution in [-0.2, 0) is 17.9 Å². The molecule has 6 heteroatoms. The highest BCUT2D eigenvalue weighted by Gasteiger charge is 2.05. The van der Waals surface area contributed by atoms with Gasteiger partial charge in [0.2, 0.25) is 0 Å². The average Bonchev–Trinajstić information content (AvgIpc) is 3.02. The van der Waals surface area contributed by atoms with Crippen molar-refractivity contribution in [2.75, 3.05) is 12.4 Å². The molecular weight excluding hydrogens is 302 g/mol. The van der Waals surface area contributed by atoms with Gasteiger partial charge in [-0.3, -0.25) is 0 Å². The van der Waals surface area contributed by atoms with E-state index in [1.54, 1.807) is 7.11 Å². The molecule has 0 unspecified atom stereocenters. The van der Waals surface area contributed by atoms with Crippen LogP contribution in [0.4, 0.5) is 5.82 Å². The lowest BCUT2D eigenvalue weighted by Gasteiger charge is -2.07. The van der Waals surface area contributed by atoms with Gasteiger partial charge in [0.05, 0.1) is 18.4 Å². The molecular formula is C18H21N5O. The molecule has 0 amide bonds. The summed E-state index contributed by atoms with van der Waals surface area (Å²) in [7, 11) is 1.63. The molecule has 1 aromatic carbocycles. The van der Waals surface area contributed by atoms with Gasteiger partial charge in [0.1, 0.15) is 18.2 Å². The first-order valence-electron chi connectivity index (χ1n) is 7.82. The maximum Gasteiger partial charge on any atom is 0.156 e. The molecule has 0 aliphatic carbocycles. The number of anilines is 1. The van der Waals surface area contributed by atoms with E-state index in [1.807, 2.05) is 19.2 Å². The van der Waals surface area contributed by atoms with Gasteiger partial charge in [-0.1, -0.05) is 29.8 Å². The number of hydrogen-bond donors (Lipinski definition) is 2. The van der Waals surface area contributed by atoms with Crippen molar-refractivity contribution in [3.05, 3.63) is 59.4 Å². The Labute approximate surface area is 141 Å². The van der Waals surface area contributed by atoms with Crippen LogP contribution < -0.4 is 5.32 Å². The lowest BCUT2D eigenvalue weighted by Crippen LogP contribution is -2.07. The Morgan fingerprint density at radius 3 is 2.67 bits per heavy atom. The van der Waals surface area contributed by atoms with Crippen molar-refractivity contribution >= 4 is 5.82 Å². The predicted molar refractivity (Wildman–Crippen MR) is 93.6 cm³/mol. The molecule has 0 spiro atoms. The van der Waals surface area contributed by atoms with Crippen molar-refractivity contribution < 1.29 is 4.74 Å². The zero-order valence-electron chi connectivity index (χ0n) is 14.1. The highest BCUT2D eigenvalue weighted by molar-refractivity contribution is 5.58. The summed E-state index contributed by atoms with van der Waals surface area (Å²) in [6.45, 7) is 4.98. The van der Waals surface area contributed by atoms with Crippen molar-refractivity contribution in [1.82, 2.24) is 19.9 Å². The number of rotatable bonds is 6. The Bertz CT molecular complexity index is 811. The standard InChI is InChI=1S/C18H21N5O/c1-12-4-6-14(7-5-12)15-9-19-17(22-15)10-20-16-8-13(2)21-18(23-16)11-24-3/h4-9H,10-11H2,1-3H3,(H,19,22)(H,20,21,23).